The number of para-hydroxylation sites is 1. The number of carbonyl (C=O) groups excluding carboxylic acids is 1. The lowest BCUT2D eigenvalue weighted by Crippen LogP contribution is -2.41. The Morgan fingerprint density at radius 1 is 1.24 bits per heavy atom. The zero-order valence-corrected chi connectivity index (χ0v) is 12.7. The highest BCUT2D eigenvalue weighted by atomic mass is 16.5. The van der Waals surface area contributed by atoms with Crippen molar-refractivity contribution in [2.45, 2.75) is 26.3 Å². The fourth-order valence-electron chi connectivity index (χ4n) is 1.99. The minimum Gasteiger partial charge on any atom is -0.493 e. The van der Waals surface area contributed by atoms with Gasteiger partial charge in [-0.15, -0.1) is 0 Å². The molecule has 0 bridgehead atoms. The maximum absolute atomic E-state index is 12.3. The second-order valence-electron chi connectivity index (χ2n) is 5.03. The van der Waals surface area contributed by atoms with Gasteiger partial charge >= 0.3 is 5.97 Å². The summed E-state index contributed by atoms with van der Waals surface area (Å²) < 4.78 is 10.3. The molecule has 21 heavy (non-hydrogen) atoms. The lowest BCUT2D eigenvalue weighted by Gasteiger charge is -2.18. The smallest absolute Gasteiger partial charge is 0.326 e. The van der Waals surface area contributed by atoms with Crippen molar-refractivity contribution in [1.82, 2.24) is 5.32 Å². The highest BCUT2D eigenvalue weighted by molar-refractivity contribution is 5.99. The van der Waals surface area contributed by atoms with Crippen LogP contribution in [0.5, 0.6) is 11.5 Å². The molecule has 0 spiro atoms. The monoisotopic (exact) mass is 295 g/mol. The van der Waals surface area contributed by atoms with Gasteiger partial charge in [-0.25, -0.2) is 4.79 Å². The molecule has 6 heteroatoms. The molecule has 0 aliphatic carbocycles. The Hall–Kier alpha value is -2.24. The molecule has 0 fully saturated rings. The van der Waals surface area contributed by atoms with Crippen LogP contribution in [0, 0.1) is 5.92 Å². The number of aliphatic carboxylic acids is 1. The minimum atomic E-state index is -1.06. The van der Waals surface area contributed by atoms with E-state index in [0.29, 0.717) is 12.2 Å². The first-order valence-corrected chi connectivity index (χ1v) is 6.65. The first-order chi connectivity index (χ1) is 9.90. The summed E-state index contributed by atoms with van der Waals surface area (Å²) in [5.74, 6) is -0.705. The van der Waals surface area contributed by atoms with Crippen molar-refractivity contribution in [3.8, 4) is 11.5 Å². The Labute approximate surface area is 124 Å². The molecule has 0 radical (unpaired) electrons. The van der Waals surface area contributed by atoms with Gasteiger partial charge in [-0.05, 0) is 24.5 Å². The summed E-state index contributed by atoms with van der Waals surface area (Å²) >= 11 is 0. The van der Waals surface area contributed by atoms with Gasteiger partial charge in [0.2, 0.25) is 0 Å². The van der Waals surface area contributed by atoms with Gasteiger partial charge in [-0.3, -0.25) is 4.79 Å². The van der Waals surface area contributed by atoms with Crippen LogP contribution < -0.4 is 14.8 Å². The zero-order valence-electron chi connectivity index (χ0n) is 12.7. The molecule has 0 unspecified atom stereocenters. The quantitative estimate of drug-likeness (QED) is 0.803. The second kappa shape index (κ2) is 7.52. The van der Waals surface area contributed by atoms with Gasteiger partial charge in [0.05, 0.1) is 19.8 Å². The maximum Gasteiger partial charge on any atom is 0.326 e. The van der Waals surface area contributed by atoms with Crippen LogP contribution in [0.25, 0.3) is 0 Å². The summed E-state index contributed by atoms with van der Waals surface area (Å²) in [4.78, 5) is 23.5. The zero-order chi connectivity index (χ0) is 16.0. The number of carboxylic acids is 1. The molecular weight excluding hydrogens is 274 g/mol. The first-order valence-electron chi connectivity index (χ1n) is 6.65. The van der Waals surface area contributed by atoms with E-state index in [1.165, 1.54) is 14.2 Å². The summed E-state index contributed by atoms with van der Waals surface area (Å²) in [7, 11) is 2.90. The molecule has 0 aliphatic heterocycles. The summed E-state index contributed by atoms with van der Waals surface area (Å²) in [6.45, 7) is 3.79. The topological polar surface area (TPSA) is 84.9 Å². The van der Waals surface area contributed by atoms with Crippen molar-refractivity contribution in [3.63, 3.8) is 0 Å². The van der Waals surface area contributed by atoms with Gasteiger partial charge in [0.1, 0.15) is 6.04 Å². The van der Waals surface area contributed by atoms with Crippen molar-refractivity contribution in [1.29, 1.82) is 0 Å². The number of carboxylic acid groups (broad SMARTS) is 1. The van der Waals surface area contributed by atoms with Crippen molar-refractivity contribution in [2.24, 2.45) is 5.92 Å². The number of amides is 1. The van der Waals surface area contributed by atoms with Crippen LogP contribution in [-0.2, 0) is 4.79 Å². The largest absolute Gasteiger partial charge is 0.493 e. The summed E-state index contributed by atoms with van der Waals surface area (Å²) in [5.41, 5.74) is 0.242. The maximum atomic E-state index is 12.3. The minimum absolute atomic E-state index is 0.151. The van der Waals surface area contributed by atoms with Gasteiger partial charge < -0.3 is 19.9 Å². The summed E-state index contributed by atoms with van der Waals surface area (Å²) in [5, 5.41) is 11.7. The Morgan fingerprint density at radius 3 is 2.38 bits per heavy atom. The number of benzene rings is 1. The lowest BCUT2D eigenvalue weighted by molar-refractivity contribution is -0.139. The van der Waals surface area contributed by atoms with E-state index >= 15 is 0 Å². The van der Waals surface area contributed by atoms with Crippen LogP contribution in [0.2, 0.25) is 0 Å². The van der Waals surface area contributed by atoms with Crippen LogP contribution in [0.15, 0.2) is 18.2 Å². The summed E-state index contributed by atoms with van der Waals surface area (Å²) in [6, 6.07) is 3.94. The second-order valence-corrected chi connectivity index (χ2v) is 5.03. The van der Waals surface area contributed by atoms with E-state index in [9.17, 15) is 14.7 Å². The van der Waals surface area contributed by atoms with Crippen LogP contribution >= 0.6 is 0 Å². The number of rotatable bonds is 7. The number of hydrogen-bond acceptors (Lipinski definition) is 4. The number of carbonyl (C=O) groups is 2. The van der Waals surface area contributed by atoms with E-state index < -0.39 is 17.9 Å². The predicted octanol–water partition coefficient (Wildman–Crippen LogP) is 1.93. The Balaban J connectivity index is 3.00. The first kappa shape index (κ1) is 16.8. The van der Waals surface area contributed by atoms with E-state index in [0.717, 1.165) is 0 Å². The average molecular weight is 295 g/mol. The Bertz CT molecular complexity index is 513. The van der Waals surface area contributed by atoms with Gasteiger partial charge in [-0.2, -0.15) is 0 Å². The highest BCUT2D eigenvalue weighted by Crippen LogP contribution is 2.30. The third-order valence-corrected chi connectivity index (χ3v) is 2.96. The normalized spacial score (nSPS) is 11.9. The third-order valence-electron chi connectivity index (χ3n) is 2.96. The number of nitrogens with one attached hydrogen (secondary N) is 1. The lowest BCUT2D eigenvalue weighted by atomic mass is 10.0. The molecule has 2 N–H and O–H groups in total. The van der Waals surface area contributed by atoms with Gasteiger partial charge in [0.25, 0.3) is 5.91 Å². The third kappa shape index (κ3) is 4.37. The van der Waals surface area contributed by atoms with Crippen LogP contribution in [0.4, 0.5) is 0 Å². The van der Waals surface area contributed by atoms with E-state index in [1.54, 1.807) is 18.2 Å². The molecule has 0 aliphatic rings. The molecular formula is C15H21NO5. The van der Waals surface area contributed by atoms with Gasteiger partial charge in [0, 0.05) is 0 Å². The Kier molecular flexibility index (Phi) is 6.02. The molecule has 1 aromatic rings. The molecule has 0 heterocycles. The molecule has 0 saturated carbocycles. The molecule has 0 saturated heterocycles. The van der Waals surface area contributed by atoms with E-state index in [-0.39, 0.29) is 17.2 Å². The van der Waals surface area contributed by atoms with Gasteiger partial charge in [-0.1, -0.05) is 19.9 Å². The standard InChI is InChI=1S/C15H21NO5/c1-9(2)8-11(15(18)19)16-14(17)10-6-5-7-12(20-3)13(10)21-4/h5-7,9,11H,8H2,1-4H3,(H,16,17)(H,18,19)/t11-/m0/s1. The molecule has 6 nitrogen and oxygen atoms in total. The van der Waals surface area contributed by atoms with Crippen LogP contribution in [-0.4, -0.2) is 37.2 Å². The number of hydrogen-bond donors (Lipinski definition) is 2. The van der Waals surface area contributed by atoms with Crippen LogP contribution in [0.1, 0.15) is 30.6 Å². The SMILES string of the molecule is COc1cccc(C(=O)N[C@@H](CC(C)C)C(=O)O)c1OC. The fraction of sp³-hybridized carbons (Fsp3) is 0.467. The molecule has 1 atom stereocenters. The highest BCUT2D eigenvalue weighted by Gasteiger charge is 2.24. The van der Waals surface area contributed by atoms with E-state index in [1.807, 2.05) is 13.8 Å². The molecule has 1 aromatic carbocycles. The molecule has 1 amide bonds. The van der Waals surface area contributed by atoms with Crippen molar-refractivity contribution in [3.05, 3.63) is 23.8 Å². The van der Waals surface area contributed by atoms with Crippen molar-refractivity contribution >= 4 is 11.9 Å². The average Bonchev–Trinajstić information content (AvgIpc) is 2.44. The number of ether oxygens (including phenoxy) is 2. The number of methoxy groups -OCH3 is 2. The molecule has 116 valence electrons. The van der Waals surface area contributed by atoms with E-state index in [2.05, 4.69) is 5.32 Å². The van der Waals surface area contributed by atoms with Crippen LogP contribution in [0.3, 0.4) is 0 Å². The molecule has 1 rings (SSSR count). The Morgan fingerprint density at radius 2 is 1.90 bits per heavy atom. The molecule has 0 aromatic heterocycles. The predicted molar refractivity (Wildman–Crippen MR) is 77.9 cm³/mol. The van der Waals surface area contributed by atoms with E-state index in [4.69, 9.17) is 9.47 Å². The van der Waals surface area contributed by atoms with Crippen molar-refractivity contribution in [2.75, 3.05) is 14.2 Å². The fourth-order valence-corrected chi connectivity index (χ4v) is 1.99. The van der Waals surface area contributed by atoms with Gasteiger partial charge in [0.15, 0.2) is 11.5 Å². The summed E-state index contributed by atoms with van der Waals surface area (Å²) in [6.07, 6.45) is 0.355. The van der Waals surface area contributed by atoms with Crippen molar-refractivity contribution < 1.29 is 24.2 Å².